The van der Waals surface area contributed by atoms with E-state index in [-0.39, 0.29) is 0 Å². The summed E-state index contributed by atoms with van der Waals surface area (Å²) in [5.74, 6) is 3.43. The Morgan fingerprint density at radius 3 is 2.40 bits per heavy atom. The summed E-state index contributed by atoms with van der Waals surface area (Å²) in [5.41, 5.74) is 1.89. The minimum atomic E-state index is -1.07. The molecule has 4 nitrogen and oxygen atoms in total. The van der Waals surface area contributed by atoms with Crippen LogP contribution in [0, 0.1) is 6.92 Å². The third kappa shape index (κ3) is 3.60. The van der Waals surface area contributed by atoms with E-state index < -0.39 is 5.79 Å². The Bertz CT molecular complexity index is 1170. The van der Waals surface area contributed by atoms with Crippen LogP contribution in [0.1, 0.15) is 12.5 Å². The molecule has 0 saturated carbocycles. The number of para-hydroxylation sites is 1. The molecule has 0 fully saturated rings. The summed E-state index contributed by atoms with van der Waals surface area (Å²) < 4.78 is 24.6. The number of aryl methyl sites for hydroxylation is 1. The van der Waals surface area contributed by atoms with Crippen LogP contribution in [0.15, 0.2) is 96.6 Å². The van der Waals surface area contributed by atoms with Gasteiger partial charge in [0.25, 0.3) is 5.79 Å². The Balaban J connectivity index is 1.46. The van der Waals surface area contributed by atoms with Gasteiger partial charge in [-0.3, -0.25) is 0 Å². The molecule has 0 amide bonds. The van der Waals surface area contributed by atoms with Crippen LogP contribution in [0.25, 0.3) is 0 Å². The molecule has 5 aliphatic rings. The third-order valence-corrected chi connectivity index (χ3v) is 5.00. The Hall–Kier alpha value is -3.79. The number of hydrogen-bond donors (Lipinski definition) is 0. The summed E-state index contributed by atoms with van der Waals surface area (Å²) in [6.07, 6.45) is 5.71. The van der Waals surface area contributed by atoms with Gasteiger partial charge < -0.3 is 14.2 Å². The van der Waals surface area contributed by atoms with Crippen molar-refractivity contribution in [2.75, 3.05) is 0 Å². The number of carbonyl (C=O) groups excluding carboxylic acids is 1. The number of hydrogen-bond acceptors (Lipinski definition) is 3. The van der Waals surface area contributed by atoms with Crippen LogP contribution in [0.4, 0.5) is 0 Å². The van der Waals surface area contributed by atoms with E-state index in [0.717, 1.165) is 34.2 Å². The Morgan fingerprint density at radius 2 is 1.67 bits per heavy atom. The topological polar surface area (TPSA) is 39.0 Å². The lowest BCUT2D eigenvalue weighted by Gasteiger charge is -2.31. The van der Waals surface area contributed by atoms with Gasteiger partial charge in [0.1, 0.15) is 23.0 Å². The minimum absolute atomic E-state index is 0.697. The SMILES string of the molecule is CC1=C[C@@]2(Oc3ccc(Oc4ccccc4)cc3C)C=CC1=[O+]c1ccc(cc1)O2. The van der Waals surface area contributed by atoms with Crippen LogP contribution in [-0.2, 0) is 4.42 Å². The van der Waals surface area contributed by atoms with Gasteiger partial charge in [0.05, 0.1) is 5.57 Å². The van der Waals surface area contributed by atoms with Gasteiger partial charge in [0.15, 0.2) is 0 Å². The third-order valence-electron chi connectivity index (χ3n) is 5.00. The maximum Gasteiger partial charge on any atom is 0.356 e. The first-order valence-corrected chi connectivity index (χ1v) is 9.84. The van der Waals surface area contributed by atoms with Gasteiger partial charge in [-0.05, 0) is 61.9 Å². The van der Waals surface area contributed by atoms with Gasteiger partial charge in [-0.2, -0.15) is 0 Å². The number of ether oxygens (including phenoxy) is 3. The molecular formula is C26H21O4+. The second-order valence-corrected chi connectivity index (χ2v) is 7.37. The molecule has 0 saturated heterocycles. The predicted octanol–water partition coefficient (Wildman–Crippen LogP) is 6.29. The fourth-order valence-electron chi connectivity index (χ4n) is 3.49. The molecule has 4 bridgehead atoms. The summed E-state index contributed by atoms with van der Waals surface area (Å²) in [6.45, 7) is 3.97. The van der Waals surface area contributed by atoms with E-state index in [9.17, 15) is 0 Å². The molecule has 4 heterocycles. The molecule has 8 rings (SSSR count). The number of rotatable bonds is 4. The van der Waals surface area contributed by atoms with Crippen LogP contribution in [0.3, 0.4) is 0 Å². The molecule has 0 N–H and O–H groups in total. The first kappa shape index (κ1) is 18.3. The Labute approximate surface area is 175 Å². The monoisotopic (exact) mass is 397 g/mol. The first-order chi connectivity index (χ1) is 14.6. The van der Waals surface area contributed by atoms with E-state index >= 15 is 0 Å². The molecular weight excluding hydrogens is 376 g/mol. The summed E-state index contributed by atoms with van der Waals surface area (Å²) in [6, 6.07) is 23.0. The number of allylic oxidation sites excluding steroid dienone is 2. The molecule has 0 aromatic heterocycles. The van der Waals surface area contributed by atoms with Gasteiger partial charge in [-0.1, -0.05) is 18.2 Å². The highest BCUT2D eigenvalue weighted by Crippen LogP contribution is 2.35. The predicted molar refractivity (Wildman–Crippen MR) is 115 cm³/mol. The summed E-state index contributed by atoms with van der Waals surface area (Å²) in [7, 11) is 0. The van der Waals surface area contributed by atoms with Crippen LogP contribution in [-0.4, -0.2) is 11.6 Å². The normalized spacial score (nSPS) is 19.0. The minimum Gasteiger partial charge on any atom is -0.457 e. The molecule has 0 unspecified atom stereocenters. The molecule has 4 heteroatoms. The first-order valence-electron chi connectivity index (χ1n) is 9.84. The highest BCUT2D eigenvalue weighted by Gasteiger charge is 2.37. The number of benzene rings is 3. The fraction of sp³-hybridized carbons (Fsp3) is 0.115. The standard InChI is InChI=1S/C26H21O4/c1-18-16-23(27-20-6-4-3-5-7-20)12-13-25(18)30-26-15-14-24(19(2)17-26)28-21-8-10-22(29-26)11-9-21/h3-17H,1-2H3/q+1/t26-/m0/s1. The average Bonchev–Trinajstić information content (AvgIpc) is 2.75. The van der Waals surface area contributed by atoms with Crippen molar-refractivity contribution in [3.63, 3.8) is 0 Å². The maximum absolute atomic E-state index is 6.41. The van der Waals surface area contributed by atoms with Gasteiger partial charge in [0.2, 0.25) is 0 Å². The zero-order valence-corrected chi connectivity index (χ0v) is 16.8. The van der Waals surface area contributed by atoms with E-state index in [0.29, 0.717) is 11.5 Å². The lowest BCUT2D eigenvalue weighted by atomic mass is 10.0. The van der Waals surface area contributed by atoms with Crippen molar-refractivity contribution in [1.82, 2.24) is 0 Å². The van der Waals surface area contributed by atoms with E-state index in [1.54, 1.807) is 0 Å². The maximum atomic E-state index is 6.41. The molecule has 148 valence electrons. The van der Waals surface area contributed by atoms with Crippen molar-refractivity contribution < 1.29 is 18.6 Å². The largest absolute Gasteiger partial charge is 0.457 e. The lowest BCUT2D eigenvalue weighted by molar-refractivity contribution is -0.365. The van der Waals surface area contributed by atoms with Crippen LogP contribution < -0.4 is 14.2 Å². The molecule has 30 heavy (non-hydrogen) atoms. The van der Waals surface area contributed by atoms with E-state index in [1.165, 1.54) is 0 Å². The molecule has 1 atom stereocenters. The van der Waals surface area contributed by atoms with Crippen LogP contribution in [0.5, 0.6) is 28.7 Å². The fourth-order valence-corrected chi connectivity index (χ4v) is 3.49. The Kier molecular flexibility index (Phi) is 4.40. The van der Waals surface area contributed by atoms with Crippen molar-refractivity contribution in [3.8, 4) is 28.7 Å². The zero-order valence-electron chi connectivity index (χ0n) is 16.8. The van der Waals surface area contributed by atoms with Crippen molar-refractivity contribution in [3.05, 3.63) is 102 Å². The lowest BCUT2D eigenvalue weighted by Crippen LogP contribution is -2.41. The van der Waals surface area contributed by atoms with E-state index in [1.807, 2.05) is 105 Å². The van der Waals surface area contributed by atoms with Crippen molar-refractivity contribution in [2.45, 2.75) is 19.6 Å². The highest BCUT2D eigenvalue weighted by atomic mass is 16.7. The average molecular weight is 397 g/mol. The number of ketones is 1. The molecule has 3 aromatic carbocycles. The molecule has 4 aliphatic heterocycles. The van der Waals surface area contributed by atoms with Gasteiger partial charge >= 0.3 is 11.5 Å². The summed E-state index contributed by atoms with van der Waals surface area (Å²) in [4.78, 5) is 0. The summed E-state index contributed by atoms with van der Waals surface area (Å²) >= 11 is 0. The van der Waals surface area contributed by atoms with Crippen molar-refractivity contribution in [1.29, 1.82) is 0 Å². The second kappa shape index (κ2) is 7.23. The smallest absolute Gasteiger partial charge is 0.356 e. The molecule has 1 aliphatic carbocycles. The van der Waals surface area contributed by atoms with Gasteiger partial charge in [0, 0.05) is 30.4 Å². The van der Waals surface area contributed by atoms with Gasteiger partial charge in [-0.25, -0.2) is 4.42 Å². The zero-order chi connectivity index (χ0) is 20.6. The van der Waals surface area contributed by atoms with Crippen LogP contribution >= 0.6 is 0 Å². The molecule has 0 spiro atoms. The quantitative estimate of drug-likeness (QED) is 0.486. The molecule has 0 radical (unpaired) electrons. The van der Waals surface area contributed by atoms with Crippen LogP contribution in [0.2, 0.25) is 0 Å². The van der Waals surface area contributed by atoms with E-state index in [4.69, 9.17) is 18.6 Å². The molecule has 3 aromatic rings. The second-order valence-electron chi connectivity index (χ2n) is 7.37. The van der Waals surface area contributed by atoms with Gasteiger partial charge in [-0.15, -0.1) is 0 Å². The van der Waals surface area contributed by atoms with Crippen molar-refractivity contribution in [2.24, 2.45) is 0 Å². The Morgan fingerprint density at radius 1 is 0.867 bits per heavy atom. The highest BCUT2D eigenvalue weighted by molar-refractivity contribution is 6.05. The summed E-state index contributed by atoms with van der Waals surface area (Å²) in [5, 5.41) is 0. The van der Waals surface area contributed by atoms with Crippen molar-refractivity contribution >= 4 is 5.78 Å². The van der Waals surface area contributed by atoms with E-state index in [2.05, 4.69) is 0 Å².